The van der Waals surface area contributed by atoms with Gasteiger partial charge < -0.3 is 0 Å². The van der Waals surface area contributed by atoms with E-state index in [-0.39, 0.29) is 0 Å². The summed E-state index contributed by atoms with van der Waals surface area (Å²) < 4.78 is 12.0. The van der Waals surface area contributed by atoms with E-state index in [1.807, 2.05) is 24.3 Å². The smallest absolute Gasteiger partial charge is 0.0518 e. The van der Waals surface area contributed by atoms with Crippen molar-refractivity contribution >= 4 is 5.69 Å². The van der Waals surface area contributed by atoms with Crippen molar-refractivity contribution in [3.8, 4) is 11.1 Å². The maximum atomic E-state index is 12.0. The fourth-order valence-electron chi connectivity index (χ4n) is 2.08. The van der Waals surface area contributed by atoms with E-state index in [4.69, 9.17) is 0 Å². The molecule has 2 aromatic rings. The van der Waals surface area contributed by atoms with E-state index in [1.165, 1.54) is 24.1 Å². The summed E-state index contributed by atoms with van der Waals surface area (Å²) in [5.74, 6) is 0. The highest BCUT2D eigenvalue weighted by atomic mass is 19.2. The summed E-state index contributed by atoms with van der Waals surface area (Å²) in [6, 6.07) is 16.2. The summed E-state index contributed by atoms with van der Waals surface area (Å²) in [6.45, 7) is 2.20. The second-order valence-electron chi connectivity index (χ2n) is 4.60. The third-order valence-electron chi connectivity index (χ3n) is 3.16. The molecule has 0 spiro atoms. The molecule has 0 fully saturated rings. The second-order valence-corrected chi connectivity index (χ2v) is 4.60. The number of hydrazine groups is 1. The molecule has 2 aromatic carbocycles. The summed E-state index contributed by atoms with van der Waals surface area (Å²) in [6.07, 6.45) is 3.57. The molecule has 0 unspecified atom stereocenters. The fraction of sp³-hybridized carbons (Fsp3) is 0.250. The molecule has 0 aliphatic heterocycles. The van der Waals surface area contributed by atoms with E-state index in [9.17, 15) is 4.48 Å². The molecule has 2 rings (SSSR count). The second kappa shape index (κ2) is 6.90. The minimum Gasteiger partial charge on any atom is -0.295 e. The summed E-state index contributed by atoms with van der Waals surface area (Å²) >= 11 is 0. The average Bonchev–Trinajstić information content (AvgIpc) is 2.46. The van der Waals surface area contributed by atoms with Crippen molar-refractivity contribution in [1.29, 1.82) is 0 Å². The summed E-state index contributed by atoms with van der Waals surface area (Å²) in [5.41, 5.74) is 8.17. The molecule has 100 valence electrons. The molecule has 3 heteroatoms. The van der Waals surface area contributed by atoms with Crippen LogP contribution < -0.4 is 11.1 Å². The van der Waals surface area contributed by atoms with E-state index in [0.29, 0.717) is 5.69 Å². The maximum Gasteiger partial charge on any atom is 0.0518 e. The van der Waals surface area contributed by atoms with E-state index < -0.39 is 0 Å². The van der Waals surface area contributed by atoms with Crippen molar-refractivity contribution in [2.45, 2.75) is 26.2 Å². The van der Waals surface area contributed by atoms with Crippen LogP contribution in [0.5, 0.6) is 0 Å². The third kappa shape index (κ3) is 3.80. The molecule has 0 aliphatic rings. The van der Waals surface area contributed by atoms with Crippen LogP contribution >= 0.6 is 0 Å². The van der Waals surface area contributed by atoms with Gasteiger partial charge in [-0.25, -0.2) is 0 Å². The Hall–Kier alpha value is -1.87. The Bertz CT molecular complexity index is 508. The number of aryl methyl sites for hydroxylation is 1. The third-order valence-corrected chi connectivity index (χ3v) is 3.16. The van der Waals surface area contributed by atoms with Gasteiger partial charge >= 0.3 is 0 Å². The van der Waals surface area contributed by atoms with Gasteiger partial charge in [0, 0.05) is 0 Å². The lowest BCUT2D eigenvalue weighted by Crippen LogP contribution is -2.09. The highest BCUT2D eigenvalue weighted by molar-refractivity contribution is 5.68. The Morgan fingerprint density at radius 1 is 1.00 bits per heavy atom. The first-order valence-electron chi connectivity index (χ1n) is 6.64. The first-order chi connectivity index (χ1) is 9.33. The van der Waals surface area contributed by atoms with Crippen LogP contribution in [0.25, 0.3) is 11.1 Å². The van der Waals surface area contributed by atoms with Crippen LogP contribution in [0.15, 0.2) is 48.5 Å². The molecule has 2 nitrogen and oxygen atoms in total. The Morgan fingerprint density at radius 2 is 1.79 bits per heavy atom. The largest absolute Gasteiger partial charge is 0.295 e. The van der Waals surface area contributed by atoms with Crippen molar-refractivity contribution in [2.24, 2.45) is 0 Å². The molecule has 0 heterocycles. The highest BCUT2D eigenvalue weighted by Crippen LogP contribution is 2.23. The Kier molecular flexibility index (Phi) is 4.93. The van der Waals surface area contributed by atoms with Crippen LogP contribution in [-0.4, -0.2) is 0 Å². The molecule has 19 heavy (non-hydrogen) atoms. The van der Waals surface area contributed by atoms with Gasteiger partial charge in [0.25, 0.3) is 0 Å². The molecule has 0 aliphatic carbocycles. The minimum atomic E-state index is 0.704. The van der Waals surface area contributed by atoms with Crippen molar-refractivity contribution < 1.29 is 4.48 Å². The van der Waals surface area contributed by atoms with Crippen molar-refractivity contribution in [3.05, 3.63) is 54.1 Å². The normalized spacial score (nSPS) is 10.4. The van der Waals surface area contributed by atoms with Gasteiger partial charge in [-0.2, -0.15) is 0 Å². The van der Waals surface area contributed by atoms with Gasteiger partial charge in [-0.15, -0.1) is 4.48 Å². The van der Waals surface area contributed by atoms with E-state index in [2.05, 4.69) is 36.6 Å². The molecule has 0 amide bonds. The maximum absolute atomic E-state index is 12.0. The number of hydrogen-bond acceptors (Lipinski definition) is 2. The van der Waals surface area contributed by atoms with E-state index >= 15 is 0 Å². The Morgan fingerprint density at radius 3 is 2.47 bits per heavy atom. The van der Waals surface area contributed by atoms with Crippen LogP contribution in [0, 0.1) is 0 Å². The monoisotopic (exact) mass is 258 g/mol. The SMILES string of the molecule is CCCCc1ccc(-c2cccc(NNF)c2)cc1. The van der Waals surface area contributed by atoms with Gasteiger partial charge in [0.05, 0.1) is 5.69 Å². The molecule has 0 atom stereocenters. The average molecular weight is 258 g/mol. The van der Waals surface area contributed by atoms with Crippen LogP contribution in [-0.2, 0) is 6.42 Å². The van der Waals surface area contributed by atoms with Gasteiger partial charge in [0.15, 0.2) is 0 Å². The minimum absolute atomic E-state index is 0.704. The van der Waals surface area contributed by atoms with Gasteiger partial charge in [0.1, 0.15) is 0 Å². The molecular weight excluding hydrogens is 239 g/mol. The first kappa shape index (κ1) is 13.6. The molecule has 2 N–H and O–H groups in total. The van der Waals surface area contributed by atoms with Crippen LogP contribution in [0.1, 0.15) is 25.3 Å². The molecule has 0 radical (unpaired) electrons. The standard InChI is InChI=1S/C16H19FN2/c1-2-3-5-13-8-10-14(11-9-13)15-6-4-7-16(12-15)18-19-17/h4,6-12,18-19H,2-3,5H2,1H3. The fourth-order valence-corrected chi connectivity index (χ4v) is 2.08. The first-order valence-corrected chi connectivity index (χ1v) is 6.64. The topological polar surface area (TPSA) is 24.1 Å². The zero-order valence-corrected chi connectivity index (χ0v) is 11.1. The summed E-state index contributed by atoms with van der Waals surface area (Å²) in [5, 5.41) is 0. The number of nitrogens with one attached hydrogen (secondary N) is 2. The van der Waals surface area contributed by atoms with Gasteiger partial charge in [0.2, 0.25) is 0 Å². The number of benzene rings is 2. The van der Waals surface area contributed by atoms with Gasteiger partial charge in [-0.1, -0.05) is 55.4 Å². The predicted molar refractivity (Wildman–Crippen MR) is 78.4 cm³/mol. The van der Waals surface area contributed by atoms with Crippen molar-refractivity contribution in [1.82, 2.24) is 5.65 Å². The highest BCUT2D eigenvalue weighted by Gasteiger charge is 2.00. The summed E-state index contributed by atoms with van der Waals surface area (Å²) in [7, 11) is 0. The van der Waals surface area contributed by atoms with E-state index in [1.54, 1.807) is 0 Å². The molecule has 0 aromatic heterocycles. The van der Waals surface area contributed by atoms with Crippen molar-refractivity contribution in [3.63, 3.8) is 0 Å². The van der Waals surface area contributed by atoms with Gasteiger partial charge in [-0.3, -0.25) is 5.43 Å². The molecule has 0 saturated heterocycles. The van der Waals surface area contributed by atoms with Crippen LogP contribution in [0.4, 0.5) is 10.2 Å². The van der Waals surface area contributed by atoms with E-state index in [0.717, 1.165) is 17.5 Å². The van der Waals surface area contributed by atoms with Crippen LogP contribution in [0.2, 0.25) is 0 Å². The van der Waals surface area contributed by atoms with Crippen molar-refractivity contribution in [2.75, 3.05) is 5.43 Å². The zero-order chi connectivity index (χ0) is 13.5. The number of rotatable bonds is 6. The number of anilines is 1. The lowest BCUT2D eigenvalue weighted by Gasteiger charge is -2.07. The number of halogens is 1. The Balaban J connectivity index is 2.14. The van der Waals surface area contributed by atoms with Crippen LogP contribution in [0.3, 0.4) is 0 Å². The Labute approximate surface area is 113 Å². The quantitative estimate of drug-likeness (QED) is 0.589. The lowest BCUT2D eigenvalue weighted by atomic mass is 10.0. The zero-order valence-electron chi connectivity index (χ0n) is 11.1. The number of unbranched alkanes of at least 4 members (excludes halogenated alkanes) is 1. The number of hydrogen-bond donors (Lipinski definition) is 2. The molecular formula is C16H19FN2. The molecule has 0 bridgehead atoms. The predicted octanol–water partition coefficient (Wildman–Crippen LogP) is 4.50. The van der Waals surface area contributed by atoms with Gasteiger partial charge in [-0.05, 0) is 41.7 Å². The molecule has 0 saturated carbocycles. The lowest BCUT2D eigenvalue weighted by molar-refractivity contribution is 0.376. The summed E-state index contributed by atoms with van der Waals surface area (Å²) in [4.78, 5) is 0.